The number of nitrogens with zero attached hydrogens (tertiary/aromatic N) is 2. The van der Waals surface area contributed by atoms with Crippen molar-refractivity contribution in [3.63, 3.8) is 0 Å². The van der Waals surface area contributed by atoms with Crippen LogP contribution < -0.4 is 10.5 Å². The Balaban J connectivity index is 1.64. The smallest absolute Gasteiger partial charge is 0.360 e. The van der Waals surface area contributed by atoms with Crippen LogP contribution in [-0.4, -0.2) is 42.1 Å². The van der Waals surface area contributed by atoms with Crippen molar-refractivity contribution in [2.45, 2.75) is 51.0 Å². The highest BCUT2D eigenvalue weighted by molar-refractivity contribution is 5.98. The van der Waals surface area contributed by atoms with Crippen LogP contribution in [0, 0.1) is 0 Å². The number of benzene rings is 1. The van der Waals surface area contributed by atoms with Gasteiger partial charge in [-0.3, -0.25) is 9.69 Å². The molecule has 1 aliphatic carbocycles. The molecule has 1 aliphatic heterocycles. The summed E-state index contributed by atoms with van der Waals surface area (Å²) >= 11 is 0. The van der Waals surface area contributed by atoms with E-state index in [1.807, 2.05) is 7.05 Å². The first-order valence-corrected chi connectivity index (χ1v) is 9.84. The van der Waals surface area contributed by atoms with Crippen molar-refractivity contribution in [3.8, 4) is 5.75 Å². The van der Waals surface area contributed by atoms with Gasteiger partial charge in [0.15, 0.2) is 0 Å². The van der Waals surface area contributed by atoms with Crippen molar-refractivity contribution in [1.82, 2.24) is 4.90 Å². The number of phenols is 1. The molecule has 1 amide bonds. The minimum atomic E-state index is -0.475. The standard InChI is InChI=1S/C21H26N2O4/c1-22(14-6-3-2-4-7-14)13-19(25)23-11-5-8-16-17-12-15(24)9-10-18(17)27-21(26)20(16)23/h9-10,12,14,24H,2-8,11,13H2,1H3. The van der Waals surface area contributed by atoms with Gasteiger partial charge in [-0.1, -0.05) is 19.3 Å². The lowest BCUT2D eigenvalue weighted by molar-refractivity contribution is -0.120. The lowest BCUT2D eigenvalue weighted by Gasteiger charge is -2.34. The number of likely N-dealkylation sites (N-methyl/N-ethyl adjacent to an activating group) is 1. The number of carbonyl (C=O) groups is 1. The largest absolute Gasteiger partial charge is 0.508 e. The summed E-state index contributed by atoms with van der Waals surface area (Å²) in [5.74, 6) is 0.0647. The van der Waals surface area contributed by atoms with Crippen molar-refractivity contribution in [3.05, 3.63) is 34.2 Å². The van der Waals surface area contributed by atoms with Gasteiger partial charge in [0.05, 0.1) is 6.54 Å². The molecule has 0 spiro atoms. The zero-order valence-electron chi connectivity index (χ0n) is 15.7. The Hall–Kier alpha value is -2.34. The number of amides is 1. The fraction of sp³-hybridized carbons (Fsp3) is 0.524. The van der Waals surface area contributed by atoms with E-state index in [0.717, 1.165) is 24.8 Å². The average Bonchev–Trinajstić information content (AvgIpc) is 2.69. The van der Waals surface area contributed by atoms with E-state index in [9.17, 15) is 14.7 Å². The highest BCUT2D eigenvalue weighted by atomic mass is 16.4. The Morgan fingerprint density at radius 1 is 1.26 bits per heavy atom. The first kappa shape index (κ1) is 18.0. The Morgan fingerprint density at radius 2 is 2.04 bits per heavy atom. The maximum absolute atomic E-state index is 13.0. The summed E-state index contributed by atoms with van der Waals surface area (Å²) in [4.78, 5) is 29.4. The second kappa shape index (κ2) is 7.35. The Bertz CT molecular complexity index is 914. The summed E-state index contributed by atoms with van der Waals surface area (Å²) < 4.78 is 5.44. The fourth-order valence-corrected chi connectivity index (χ4v) is 4.49. The molecule has 1 aromatic heterocycles. The predicted octanol–water partition coefficient (Wildman–Crippen LogP) is 3.04. The quantitative estimate of drug-likeness (QED) is 0.841. The molecule has 1 N–H and O–H groups in total. The highest BCUT2D eigenvalue weighted by Gasteiger charge is 2.30. The molecule has 0 radical (unpaired) electrons. The van der Waals surface area contributed by atoms with Crippen molar-refractivity contribution in [2.24, 2.45) is 0 Å². The Kier molecular flexibility index (Phi) is 4.91. The van der Waals surface area contributed by atoms with E-state index in [2.05, 4.69) is 4.90 Å². The third-order valence-electron chi connectivity index (χ3n) is 5.93. The van der Waals surface area contributed by atoms with E-state index in [1.54, 1.807) is 17.0 Å². The van der Waals surface area contributed by atoms with Crippen LogP contribution in [0.3, 0.4) is 0 Å². The number of aromatic hydroxyl groups is 1. The zero-order chi connectivity index (χ0) is 19.0. The van der Waals surface area contributed by atoms with Crippen molar-refractivity contribution in [1.29, 1.82) is 0 Å². The predicted molar refractivity (Wildman–Crippen MR) is 104 cm³/mol. The van der Waals surface area contributed by atoms with E-state index in [0.29, 0.717) is 42.2 Å². The topological polar surface area (TPSA) is 74.0 Å². The molecule has 0 unspecified atom stereocenters. The van der Waals surface area contributed by atoms with Crippen molar-refractivity contribution < 1.29 is 14.3 Å². The minimum Gasteiger partial charge on any atom is -0.508 e. The van der Waals surface area contributed by atoms with Gasteiger partial charge in [-0.05, 0) is 56.5 Å². The summed E-state index contributed by atoms with van der Waals surface area (Å²) in [7, 11) is 2.00. The zero-order valence-corrected chi connectivity index (χ0v) is 15.7. The number of rotatable bonds is 3. The van der Waals surface area contributed by atoms with Crippen LogP contribution >= 0.6 is 0 Å². The summed E-state index contributed by atoms with van der Waals surface area (Å²) in [5.41, 5.74) is 1.13. The molecule has 2 aromatic rings. The molecule has 4 rings (SSSR count). The number of hydrogen-bond donors (Lipinski definition) is 1. The van der Waals surface area contributed by atoms with Crippen LogP contribution in [0.4, 0.5) is 5.69 Å². The second-order valence-corrected chi connectivity index (χ2v) is 7.75. The molecule has 2 aliphatic rings. The van der Waals surface area contributed by atoms with Crippen molar-refractivity contribution in [2.75, 3.05) is 25.0 Å². The SMILES string of the molecule is CN(CC(=O)N1CCCc2c1c(=O)oc1ccc(O)cc21)C1CCCCC1. The van der Waals surface area contributed by atoms with Gasteiger partial charge < -0.3 is 14.4 Å². The van der Waals surface area contributed by atoms with Gasteiger partial charge in [0.2, 0.25) is 5.91 Å². The number of phenolic OH excluding ortho intramolecular Hbond substituents is 1. The Morgan fingerprint density at radius 3 is 2.81 bits per heavy atom. The van der Waals surface area contributed by atoms with Gasteiger partial charge in [-0.15, -0.1) is 0 Å². The normalized spacial score (nSPS) is 18.1. The molecular weight excluding hydrogens is 344 g/mol. The summed E-state index contributed by atoms with van der Waals surface area (Å²) in [5, 5.41) is 10.5. The number of anilines is 1. The summed E-state index contributed by atoms with van der Waals surface area (Å²) in [6.07, 6.45) is 7.46. The minimum absolute atomic E-state index is 0.0594. The molecule has 0 atom stereocenters. The number of aryl methyl sites for hydroxylation is 1. The van der Waals surface area contributed by atoms with E-state index in [4.69, 9.17) is 4.42 Å². The molecule has 6 nitrogen and oxygen atoms in total. The van der Waals surface area contributed by atoms with E-state index < -0.39 is 5.63 Å². The third-order valence-corrected chi connectivity index (χ3v) is 5.93. The maximum atomic E-state index is 13.0. The van der Waals surface area contributed by atoms with Crippen LogP contribution in [0.25, 0.3) is 11.0 Å². The van der Waals surface area contributed by atoms with Gasteiger partial charge in [0, 0.05) is 18.0 Å². The number of hydrogen-bond acceptors (Lipinski definition) is 5. The van der Waals surface area contributed by atoms with E-state index in [1.165, 1.54) is 25.3 Å². The van der Waals surface area contributed by atoms with Crippen LogP contribution in [-0.2, 0) is 11.2 Å². The van der Waals surface area contributed by atoms with Crippen LogP contribution in [0.2, 0.25) is 0 Å². The second-order valence-electron chi connectivity index (χ2n) is 7.75. The van der Waals surface area contributed by atoms with Crippen LogP contribution in [0.1, 0.15) is 44.1 Å². The first-order valence-electron chi connectivity index (χ1n) is 9.84. The van der Waals surface area contributed by atoms with Gasteiger partial charge >= 0.3 is 5.63 Å². The van der Waals surface area contributed by atoms with Gasteiger partial charge in [-0.2, -0.15) is 0 Å². The number of fused-ring (bicyclic) bond motifs is 3. The highest BCUT2D eigenvalue weighted by Crippen LogP contribution is 2.32. The molecule has 0 saturated heterocycles. The van der Waals surface area contributed by atoms with Crippen molar-refractivity contribution >= 4 is 22.6 Å². The van der Waals surface area contributed by atoms with E-state index in [-0.39, 0.29) is 11.7 Å². The van der Waals surface area contributed by atoms with Gasteiger partial charge in [0.1, 0.15) is 17.0 Å². The summed E-state index contributed by atoms with van der Waals surface area (Å²) in [6.45, 7) is 0.834. The third kappa shape index (κ3) is 3.46. The lowest BCUT2D eigenvalue weighted by Crippen LogP contribution is -2.46. The average molecular weight is 370 g/mol. The molecule has 144 valence electrons. The molecule has 6 heteroatoms. The van der Waals surface area contributed by atoms with Gasteiger partial charge in [0.25, 0.3) is 0 Å². The monoisotopic (exact) mass is 370 g/mol. The van der Waals surface area contributed by atoms with Crippen LogP contribution in [0.15, 0.2) is 27.4 Å². The fourth-order valence-electron chi connectivity index (χ4n) is 4.49. The Labute approximate surface area is 158 Å². The van der Waals surface area contributed by atoms with Gasteiger partial charge in [-0.25, -0.2) is 4.79 Å². The first-order chi connectivity index (χ1) is 13.0. The molecule has 27 heavy (non-hydrogen) atoms. The molecular formula is C21H26N2O4. The molecule has 2 heterocycles. The summed E-state index contributed by atoms with van der Waals surface area (Å²) in [6, 6.07) is 5.16. The molecule has 1 aromatic carbocycles. The lowest BCUT2D eigenvalue weighted by atomic mass is 9.94. The molecule has 0 bridgehead atoms. The van der Waals surface area contributed by atoms with E-state index >= 15 is 0 Å². The molecule has 1 fully saturated rings. The van der Waals surface area contributed by atoms with Crippen LogP contribution in [0.5, 0.6) is 5.75 Å². The molecule has 1 saturated carbocycles. The number of carbonyl (C=O) groups excluding carboxylic acids is 1. The maximum Gasteiger partial charge on any atom is 0.360 e.